The number of rotatable bonds is 3. The molecule has 0 heterocycles. The molecule has 2 rings (SSSR count). The van der Waals surface area contributed by atoms with Gasteiger partial charge in [-0.25, -0.2) is 4.39 Å². The van der Waals surface area contributed by atoms with Gasteiger partial charge in [0.2, 0.25) is 0 Å². The van der Waals surface area contributed by atoms with Gasteiger partial charge in [-0.15, -0.1) is 0 Å². The number of halogens is 1. The molecule has 15 heavy (non-hydrogen) atoms. The Balaban J connectivity index is 1.90. The highest BCUT2D eigenvalue weighted by molar-refractivity contribution is 5.28. The normalized spacial score (nSPS) is 17.1. The highest BCUT2D eigenvalue weighted by atomic mass is 19.1. The molecule has 0 unspecified atom stereocenters. The molecule has 2 nitrogen and oxygen atoms in total. The van der Waals surface area contributed by atoms with Crippen LogP contribution in [-0.4, -0.2) is 11.1 Å². The summed E-state index contributed by atoms with van der Waals surface area (Å²) in [5.74, 6) is -0.819. The minimum atomic E-state index is -0.556. The van der Waals surface area contributed by atoms with Gasteiger partial charge >= 0.3 is 0 Å². The molecule has 1 saturated carbocycles. The maximum Gasteiger partial charge on any atom is 0.164 e. The quantitative estimate of drug-likeness (QED) is 0.801. The summed E-state index contributed by atoms with van der Waals surface area (Å²) in [5, 5.41) is 12.6. The third kappa shape index (κ3) is 2.69. The van der Waals surface area contributed by atoms with Crippen LogP contribution in [0.2, 0.25) is 0 Å². The Hall–Kier alpha value is -1.09. The van der Waals surface area contributed by atoms with Crippen molar-refractivity contribution in [3.05, 3.63) is 29.6 Å². The maximum atomic E-state index is 12.8. The lowest BCUT2D eigenvalue weighted by Gasteiger charge is -2.11. The van der Waals surface area contributed by atoms with Crippen molar-refractivity contribution in [3.63, 3.8) is 0 Å². The van der Waals surface area contributed by atoms with Gasteiger partial charge in [-0.2, -0.15) is 0 Å². The zero-order valence-corrected chi connectivity index (χ0v) is 8.67. The third-order valence-corrected chi connectivity index (χ3v) is 2.96. The van der Waals surface area contributed by atoms with E-state index in [4.69, 9.17) is 0 Å². The summed E-state index contributed by atoms with van der Waals surface area (Å²) in [6, 6.07) is 5.09. The van der Waals surface area contributed by atoms with E-state index in [0.717, 1.165) is 5.56 Å². The molecule has 3 heteroatoms. The molecular weight excluding hydrogens is 193 g/mol. The van der Waals surface area contributed by atoms with Crippen LogP contribution >= 0.6 is 0 Å². The molecule has 1 aliphatic rings. The second-order valence-corrected chi connectivity index (χ2v) is 4.15. The maximum absolute atomic E-state index is 12.8. The molecule has 1 aromatic carbocycles. The fraction of sp³-hybridized carbons (Fsp3) is 0.500. The van der Waals surface area contributed by atoms with Crippen molar-refractivity contribution < 1.29 is 9.50 Å². The number of hydrogen-bond acceptors (Lipinski definition) is 2. The highest BCUT2D eigenvalue weighted by Gasteiger charge is 2.13. The first-order chi connectivity index (χ1) is 7.25. The van der Waals surface area contributed by atoms with Gasteiger partial charge in [0.1, 0.15) is 0 Å². The molecule has 0 atom stereocenters. The van der Waals surface area contributed by atoms with E-state index >= 15 is 0 Å². The van der Waals surface area contributed by atoms with Crippen molar-refractivity contribution in [2.24, 2.45) is 0 Å². The van der Waals surface area contributed by atoms with Crippen molar-refractivity contribution >= 4 is 0 Å². The molecule has 0 bridgehead atoms. The lowest BCUT2D eigenvalue weighted by atomic mass is 10.2. The van der Waals surface area contributed by atoms with E-state index in [1.54, 1.807) is 6.07 Å². The first-order valence-corrected chi connectivity index (χ1v) is 5.46. The van der Waals surface area contributed by atoms with Crippen LogP contribution in [0.4, 0.5) is 4.39 Å². The fourth-order valence-electron chi connectivity index (χ4n) is 2.06. The highest BCUT2D eigenvalue weighted by Crippen LogP contribution is 2.20. The van der Waals surface area contributed by atoms with Crippen LogP contribution < -0.4 is 5.32 Å². The van der Waals surface area contributed by atoms with Gasteiger partial charge in [0, 0.05) is 12.6 Å². The van der Waals surface area contributed by atoms with Crippen molar-refractivity contribution in [1.29, 1.82) is 0 Å². The zero-order valence-electron chi connectivity index (χ0n) is 8.67. The number of hydrogen-bond donors (Lipinski definition) is 2. The molecule has 0 saturated heterocycles. The number of phenols is 1. The van der Waals surface area contributed by atoms with Crippen molar-refractivity contribution in [3.8, 4) is 5.75 Å². The van der Waals surface area contributed by atoms with E-state index in [1.807, 2.05) is 0 Å². The van der Waals surface area contributed by atoms with Gasteiger partial charge in [-0.1, -0.05) is 18.9 Å². The van der Waals surface area contributed by atoms with Crippen LogP contribution in [0.1, 0.15) is 31.2 Å². The molecular formula is C12H16FNO. The summed E-state index contributed by atoms with van der Waals surface area (Å²) in [4.78, 5) is 0. The van der Waals surface area contributed by atoms with Crippen LogP contribution in [0, 0.1) is 5.82 Å². The van der Waals surface area contributed by atoms with Crippen molar-refractivity contribution in [1.82, 2.24) is 5.32 Å². The van der Waals surface area contributed by atoms with Gasteiger partial charge in [0.05, 0.1) is 0 Å². The number of nitrogens with one attached hydrogen (secondary N) is 1. The summed E-state index contributed by atoms with van der Waals surface area (Å²) in [7, 11) is 0. The van der Waals surface area contributed by atoms with E-state index in [2.05, 4.69) is 5.32 Å². The van der Waals surface area contributed by atoms with Crippen LogP contribution in [0.5, 0.6) is 5.75 Å². The molecule has 0 aliphatic heterocycles. The number of aromatic hydroxyl groups is 1. The summed E-state index contributed by atoms with van der Waals surface area (Å²) >= 11 is 0. The molecule has 82 valence electrons. The van der Waals surface area contributed by atoms with Gasteiger partial charge in [0.25, 0.3) is 0 Å². The summed E-state index contributed by atoms with van der Waals surface area (Å²) in [6.45, 7) is 0.707. The molecule has 0 amide bonds. The topological polar surface area (TPSA) is 32.3 Å². The van der Waals surface area contributed by atoms with Crippen molar-refractivity contribution in [2.75, 3.05) is 0 Å². The molecule has 1 fully saturated rings. The van der Waals surface area contributed by atoms with E-state index in [9.17, 15) is 9.50 Å². The van der Waals surface area contributed by atoms with Crippen LogP contribution in [0.15, 0.2) is 18.2 Å². The Morgan fingerprint density at radius 3 is 2.73 bits per heavy atom. The average molecular weight is 209 g/mol. The van der Waals surface area contributed by atoms with E-state index in [1.165, 1.54) is 37.8 Å². The third-order valence-electron chi connectivity index (χ3n) is 2.96. The number of benzene rings is 1. The monoisotopic (exact) mass is 209 g/mol. The van der Waals surface area contributed by atoms with Crippen molar-refractivity contribution in [2.45, 2.75) is 38.3 Å². The SMILES string of the molecule is Oc1cc(CNC2CCCC2)ccc1F. The van der Waals surface area contributed by atoms with Gasteiger partial charge in [0.15, 0.2) is 11.6 Å². The molecule has 0 spiro atoms. The van der Waals surface area contributed by atoms with Gasteiger partial charge in [-0.3, -0.25) is 0 Å². The first kappa shape index (κ1) is 10.4. The Labute approximate surface area is 89.1 Å². The molecule has 1 aromatic rings. The van der Waals surface area contributed by atoms with E-state index < -0.39 is 5.82 Å². The first-order valence-electron chi connectivity index (χ1n) is 5.46. The fourth-order valence-corrected chi connectivity index (χ4v) is 2.06. The Morgan fingerprint density at radius 1 is 1.33 bits per heavy atom. The lowest BCUT2D eigenvalue weighted by molar-refractivity contribution is 0.430. The Bertz CT molecular complexity index is 334. The minimum absolute atomic E-state index is 0.263. The second kappa shape index (κ2) is 4.62. The Morgan fingerprint density at radius 2 is 2.07 bits per heavy atom. The smallest absolute Gasteiger partial charge is 0.164 e. The van der Waals surface area contributed by atoms with Crippen LogP contribution in [0.3, 0.4) is 0 Å². The second-order valence-electron chi connectivity index (χ2n) is 4.15. The van der Waals surface area contributed by atoms with Crippen LogP contribution in [-0.2, 0) is 6.54 Å². The largest absolute Gasteiger partial charge is 0.505 e. The summed E-state index contributed by atoms with van der Waals surface area (Å²) in [6.07, 6.45) is 5.05. The number of phenolic OH excluding ortho intramolecular Hbond substituents is 1. The minimum Gasteiger partial charge on any atom is -0.505 e. The molecule has 2 N–H and O–H groups in total. The predicted molar refractivity (Wildman–Crippen MR) is 57.2 cm³/mol. The Kier molecular flexibility index (Phi) is 3.21. The van der Waals surface area contributed by atoms with Crippen LogP contribution in [0.25, 0.3) is 0 Å². The summed E-state index contributed by atoms with van der Waals surface area (Å²) in [5.41, 5.74) is 0.931. The molecule has 0 aromatic heterocycles. The van der Waals surface area contributed by atoms with E-state index in [-0.39, 0.29) is 5.75 Å². The standard InChI is InChI=1S/C12H16FNO/c13-11-6-5-9(7-12(11)15)8-14-10-3-1-2-4-10/h5-7,10,14-15H,1-4,8H2. The van der Waals surface area contributed by atoms with E-state index in [0.29, 0.717) is 12.6 Å². The van der Waals surface area contributed by atoms with Gasteiger partial charge in [-0.05, 0) is 30.5 Å². The predicted octanol–water partition coefficient (Wildman–Crippen LogP) is 2.56. The average Bonchev–Trinajstić information content (AvgIpc) is 2.73. The molecule has 0 radical (unpaired) electrons. The van der Waals surface area contributed by atoms with Gasteiger partial charge < -0.3 is 10.4 Å². The molecule has 1 aliphatic carbocycles. The lowest BCUT2D eigenvalue weighted by Crippen LogP contribution is -2.25. The summed E-state index contributed by atoms with van der Waals surface area (Å²) < 4.78 is 12.8. The zero-order chi connectivity index (χ0) is 10.7.